The summed E-state index contributed by atoms with van der Waals surface area (Å²) in [5, 5.41) is 4.86. The van der Waals surface area contributed by atoms with E-state index in [-0.39, 0.29) is 0 Å². The molecule has 1 heterocycles. The number of amides is 1. The highest BCUT2D eigenvalue weighted by Crippen LogP contribution is 2.32. The molecular weight excluding hydrogens is 491 g/mol. The molecule has 0 radical (unpaired) electrons. The topological polar surface area (TPSA) is 57.7 Å². The van der Waals surface area contributed by atoms with E-state index in [9.17, 15) is 4.79 Å². The van der Waals surface area contributed by atoms with Gasteiger partial charge in [0.1, 0.15) is 5.75 Å². The van der Waals surface area contributed by atoms with Crippen LogP contribution in [0.1, 0.15) is 0 Å². The Balaban J connectivity index is 1.40. The van der Waals surface area contributed by atoms with Gasteiger partial charge >= 0.3 is 6.09 Å². The van der Waals surface area contributed by atoms with Crippen LogP contribution >= 0.6 is 34.5 Å². The Morgan fingerprint density at radius 2 is 1.76 bits per heavy atom. The quantitative estimate of drug-likeness (QED) is 0.291. The van der Waals surface area contributed by atoms with Gasteiger partial charge in [0.15, 0.2) is 5.13 Å². The molecule has 6 nitrogen and oxygen atoms in total. The number of aromatic nitrogens is 1. The average molecular weight is 515 g/mol. The van der Waals surface area contributed by atoms with E-state index >= 15 is 0 Å². The van der Waals surface area contributed by atoms with Gasteiger partial charge in [-0.3, -0.25) is 5.32 Å². The number of halogens is 2. The molecule has 34 heavy (non-hydrogen) atoms. The number of benzene rings is 3. The number of anilines is 2. The van der Waals surface area contributed by atoms with E-state index in [1.165, 1.54) is 0 Å². The molecule has 1 aromatic heterocycles. The van der Waals surface area contributed by atoms with Gasteiger partial charge < -0.3 is 14.5 Å². The molecule has 0 aliphatic heterocycles. The summed E-state index contributed by atoms with van der Waals surface area (Å²) in [6.07, 6.45) is -0.565. The maximum absolute atomic E-state index is 12.4. The lowest BCUT2D eigenvalue weighted by Crippen LogP contribution is -2.28. The number of carbonyl (C=O) groups excluding carboxylic acids is 1. The maximum atomic E-state index is 12.4. The van der Waals surface area contributed by atoms with Gasteiger partial charge in [0.25, 0.3) is 0 Å². The SMILES string of the molecule is CN(C)CCN(C)c1nc2ccc(NC(=O)Oc3ccc(-c4ccc(Cl)cc4Cl)cc3)cc2s1. The number of ether oxygens (including phenoxy) is 1. The Hall–Kier alpha value is -2.84. The number of fused-ring (bicyclic) bond motifs is 1. The van der Waals surface area contributed by atoms with Crippen molar-refractivity contribution >= 4 is 61.7 Å². The summed E-state index contributed by atoms with van der Waals surface area (Å²) in [7, 11) is 6.13. The van der Waals surface area contributed by atoms with Crippen LogP contribution in [0.4, 0.5) is 15.6 Å². The van der Waals surface area contributed by atoms with Crippen molar-refractivity contribution in [3.63, 3.8) is 0 Å². The van der Waals surface area contributed by atoms with E-state index in [0.717, 1.165) is 39.6 Å². The summed E-state index contributed by atoms with van der Waals surface area (Å²) in [6.45, 7) is 1.83. The third-order valence-corrected chi connectivity index (χ3v) is 6.82. The van der Waals surface area contributed by atoms with Gasteiger partial charge in [-0.05, 0) is 62.1 Å². The zero-order chi connectivity index (χ0) is 24.2. The number of hydrogen-bond acceptors (Lipinski definition) is 6. The minimum Gasteiger partial charge on any atom is -0.410 e. The molecule has 0 saturated carbocycles. The number of nitrogens with one attached hydrogen (secondary N) is 1. The lowest BCUT2D eigenvalue weighted by Gasteiger charge is -2.18. The van der Waals surface area contributed by atoms with Crippen molar-refractivity contribution in [1.29, 1.82) is 0 Å². The minimum absolute atomic E-state index is 0.426. The van der Waals surface area contributed by atoms with Gasteiger partial charge in [-0.2, -0.15) is 0 Å². The number of likely N-dealkylation sites (N-methyl/N-ethyl adjacent to an activating group) is 2. The Morgan fingerprint density at radius 3 is 2.47 bits per heavy atom. The predicted octanol–water partition coefficient (Wildman–Crippen LogP) is 6.88. The van der Waals surface area contributed by atoms with Crippen LogP contribution < -0.4 is 15.0 Å². The van der Waals surface area contributed by atoms with Crippen LogP contribution in [0.5, 0.6) is 5.75 Å². The third kappa shape index (κ3) is 5.98. The van der Waals surface area contributed by atoms with Crippen molar-refractivity contribution < 1.29 is 9.53 Å². The van der Waals surface area contributed by atoms with Gasteiger partial charge in [0, 0.05) is 41.4 Å². The zero-order valence-electron chi connectivity index (χ0n) is 19.0. The molecule has 0 aliphatic carbocycles. The number of rotatable bonds is 7. The summed E-state index contributed by atoms with van der Waals surface area (Å²) < 4.78 is 6.43. The van der Waals surface area contributed by atoms with Gasteiger partial charge in [0.05, 0.1) is 10.2 Å². The molecule has 4 aromatic rings. The number of thiazole rings is 1. The van der Waals surface area contributed by atoms with Crippen LogP contribution in [0.25, 0.3) is 21.3 Å². The van der Waals surface area contributed by atoms with Crippen molar-refractivity contribution in [1.82, 2.24) is 9.88 Å². The second-order valence-corrected chi connectivity index (χ2v) is 9.92. The first-order valence-corrected chi connectivity index (χ1v) is 12.2. The van der Waals surface area contributed by atoms with E-state index in [4.69, 9.17) is 27.9 Å². The monoisotopic (exact) mass is 514 g/mol. The van der Waals surface area contributed by atoms with Crippen molar-refractivity contribution in [2.45, 2.75) is 0 Å². The molecular formula is C25H24Cl2N4O2S. The zero-order valence-corrected chi connectivity index (χ0v) is 21.3. The molecule has 176 valence electrons. The first kappa shape index (κ1) is 24.3. The summed E-state index contributed by atoms with van der Waals surface area (Å²) in [5.74, 6) is 0.426. The summed E-state index contributed by atoms with van der Waals surface area (Å²) in [5.41, 5.74) is 3.29. The van der Waals surface area contributed by atoms with Crippen LogP contribution in [0, 0.1) is 0 Å². The maximum Gasteiger partial charge on any atom is 0.417 e. The fraction of sp³-hybridized carbons (Fsp3) is 0.200. The smallest absolute Gasteiger partial charge is 0.410 e. The molecule has 3 aromatic carbocycles. The molecule has 0 saturated heterocycles. The van der Waals surface area contributed by atoms with Crippen LogP contribution in [-0.4, -0.2) is 50.2 Å². The summed E-state index contributed by atoms with van der Waals surface area (Å²) >= 11 is 13.8. The second kappa shape index (κ2) is 10.6. The first-order chi connectivity index (χ1) is 16.3. The molecule has 9 heteroatoms. The molecule has 0 bridgehead atoms. The van der Waals surface area contributed by atoms with Gasteiger partial charge in [-0.1, -0.05) is 52.7 Å². The van der Waals surface area contributed by atoms with E-state index in [1.807, 2.05) is 57.5 Å². The highest BCUT2D eigenvalue weighted by molar-refractivity contribution is 7.22. The first-order valence-electron chi connectivity index (χ1n) is 10.6. The lowest BCUT2D eigenvalue weighted by molar-refractivity contribution is 0.215. The molecule has 0 aliphatic rings. The highest BCUT2D eigenvalue weighted by Gasteiger charge is 2.12. The molecule has 0 fully saturated rings. The largest absolute Gasteiger partial charge is 0.417 e. The normalized spacial score (nSPS) is 11.1. The van der Waals surface area contributed by atoms with E-state index in [1.54, 1.807) is 35.6 Å². The van der Waals surface area contributed by atoms with Gasteiger partial charge in [0.2, 0.25) is 0 Å². The lowest BCUT2D eigenvalue weighted by atomic mass is 10.1. The van der Waals surface area contributed by atoms with Crippen molar-refractivity contribution in [3.8, 4) is 16.9 Å². The third-order valence-electron chi connectivity index (χ3n) is 5.14. The number of hydrogen-bond donors (Lipinski definition) is 1. The van der Waals surface area contributed by atoms with Crippen LogP contribution in [0.3, 0.4) is 0 Å². The fourth-order valence-electron chi connectivity index (χ4n) is 3.28. The summed E-state index contributed by atoms with van der Waals surface area (Å²) in [6, 6.07) is 18.1. The number of nitrogens with zero attached hydrogens (tertiary/aromatic N) is 3. The summed E-state index contributed by atoms with van der Waals surface area (Å²) in [4.78, 5) is 21.4. The Morgan fingerprint density at radius 1 is 1.00 bits per heavy atom. The van der Waals surface area contributed by atoms with Crippen LogP contribution in [0.2, 0.25) is 10.0 Å². The second-order valence-electron chi connectivity index (χ2n) is 8.07. The average Bonchev–Trinajstić information content (AvgIpc) is 3.22. The van der Waals surface area contributed by atoms with Gasteiger partial charge in [-0.15, -0.1) is 0 Å². The van der Waals surface area contributed by atoms with Crippen molar-refractivity contribution in [3.05, 3.63) is 70.7 Å². The van der Waals surface area contributed by atoms with Crippen LogP contribution in [-0.2, 0) is 0 Å². The van der Waals surface area contributed by atoms with E-state index < -0.39 is 6.09 Å². The molecule has 0 atom stereocenters. The predicted molar refractivity (Wildman–Crippen MR) is 143 cm³/mol. The molecule has 0 unspecified atom stereocenters. The van der Waals surface area contributed by atoms with Crippen LogP contribution in [0.15, 0.2) is 60.7 Å². The Bertz CT molecular complexity index is 1310. The highest BCUT2D eigenvalue weighted by atomic mass is 35.5. The van der Waals surface area contributed by atoms with Crippen molar-refractivity contribution in [2.75, 3.05) is 44.4 Å². The minimum atomic E-state index is -0.565. The Labute approximate surface area is 212 Å². The van der Waals surface area contributed by atoms with Crippen molar-refractivity contribution in [2.24, 2.45) is 0 Å². The molecule has 4 rings (SSSR count). The fourth-order valence-corrected chi connectivity index (χ4v) is 4.79. The van der Waals surface area contributed by atoms with E-state index in [2.05, 4.69) is 20.1 Å². The molecule has 0 spiro atoms. The molecule has 1 N–H and O–H groups in total. The Kier molecular flexibility index (Phi) is 7.58. The van der Waals surface area contributed by atoms with Gasteiger partial charge in [-0.25, -0.2) is 9.78 Å². The molecule has 1 amide bonds. The van der Waals surface area contributed by atoms with E-state index in [0.29, 0.717) is 21.5 Å². The number of carbonyl (C=O) groups is 1. The standard InChI is InChI=1S/C25H24Cl2N4O2S/c1-30(2)12-13-31(3)24-29-22-11-7-18(15-23(22)34-24)28-25(32)33-19-8-4-16(5-9-19)20-10-6-17(26)14-21(20)27/h4-11,14-15H,12-13H2,1-3H3,(H,28,32).